The molecule has 4 heteroatoms. The molecule has 0 unspecified atom stereocenters. The lowest BCUT2D eigenvalue weighted by Crippen LogP contribution is -1.66. The largest absolute Gasteiger partial charge is 0.437 e. The molecule has 0 fully saturated rings. The normalized spacial score (nSPS) is 6.80. The van der Waals surface area contributed by atoms with E-state index in [-0.39, 0.29) is 0 Å². The third kappa shape index (κ3) is 6.42. The Morgan fingerprint density at radius 2 is 2.50 bits per heavy atom. The summed E-state index contributed by atoms with van der Waals surface area (Å²) in [6, 6.07) is 1.83. The Labute approximate surface area is 58.5 Å². The molecule has 0 aliphatic heterocycles. The number of ether oxygens (including phenoxy) is 1. The van der Waals surface area contributed by atoms with Crippen LogP contribution in [0.25, 0.3) is 0 Å². The third-order valence-electron chi connectivity index (χ3n) is 0.558. The SMILES string of the molecule is C=COC=O.c1cn[nH]c1. The molecule has 10 heavy (non-hydrogen) atoms. The van der Waals surface area contributed by atoms with Crippen molar-refractivity contribution in [2.75, 3.05) is 0 Å². The van der Waals surface area contributed by atoms with Crippen LogP contribution in [0.1, 0.15) is 0 Å². The van der Waals surface area contributed by atoms with Gasteiger partial charge in [-0.25, -0.2) is 0 Å². The number of hydrogen-bond donors (Lipinski definition) is 1. The molecule has 0 atom stereocenters. The topological polar surface area (TPSA) is 55.0 Å². The van der Waals surface area contributed by atoms with Gasteiger partial charge in [0.25, 0.3) is 6.47 Å². The van der Waals surface area contributed by atoms with Gasteiger partial charge in [-0.1, -0.05) is 6.58 Å². The molecule has 1 rings (SSSR count). The average molecular weight is 140 g/mol. The molecule has 0 saturated carbocycles. The third-order valence-corrected chi connectivity index (χ3v) is 0.558. The van der Waals surface area contributed by atoms with Gasteiger partial charge in [-0.3, -0.25) is 9.89 Å². The molecule has 0 radical (unpaired) electrons. The number of hydrogen-bond acceptors (Lipinski definition) is 3. The number of carbonyl (C=O) groups is 1. The molecule has 54 valence electrons. The molecule has 0 aliphatic carbocycles. The van der Waals surface area contributed by atoms with Gasteiger partial charge in [0.05, 0.1) is 6.26 Å². The van der Waals surface area contributed by atoms with E-state index in [2.05, 4.69) is 21.5 Å². The van der Waals surface area contributed by atoms with Gasteiger partial charge < -0.3 is 4.74 Å². The van der Waals surface area contributed by atoms with Crippen LogP contribution in [-0.4, -0.2) is 16.7 Å². The number of H-pyrrole nitrogens is 1. The second kappa shape index (κ2) is 7.42. The van der Waals surface area contributed by atoms with Crippen LogP contribution in [-0.2, 0) is 9.53 Å². The number of nitrogens with one attached hydrogen (secondary N) is 1. The molecule has 4 nitrogen and oxygen atoms in total. The standard InChI is InChI=1S/C3H4N2.C3H4O2/c1-2-4-5-3-1;1-2-5-3-4/h1-3H,(H,4,5);2-3H,1H2. The van der Waals surface area contributed by atoms with Crippen molar-refractivity contribution in [1.82, 2.24) is 10.2 Å². The average Bonchev–Trinajstić information content (AvgIpc) is 2.44. The summed E-state index contributed by atoms with van der Waals surface area (Å²) in [5.74, 6) is 0. The van der Waals surface area contributed by atoms with Gasteiger partial charge in [-0.15, -0.1) is 0 Å². The summed E-state index contributed by atoms with van der Waals surface area (Å²) in [5, 5.41) is 6.21. The van der Waals surface area contributed by atoms with Crippen molar-refractivity contribution in [3.05, 3.63) is 31.3 Å². The van der Waals surface area contributed by atoms with E-state index in [1.165, 1.54) is 0 Å². The molecule has 1 aromatic rings. The van der Waals surface area contributed by atoms with Crippen molar-refractivity contribution in [3.8, 4) is 0 Å². The Bertz CT molecular complexity index is 137. The van der Waals surface area contributed by atoms with E-state index < -0.39 is 0 Å². The first-order valence-corrected chi connectivity index (χ1v) is 2.55. The number of carbonyl (C=O) groups excluding carboxylic acids is 1. The van der Waals surface area contributed by atoms with Crippen molar-refractivity contribution in [2.24, 2.45) is 0 Å². The van der Waals surface area contributed by atoms with Crippen molar-refractivity contribution >= 4 is 6.47 Å². The van der Waals surface area contributed by atoms with Crippen LogP contribution in [0.2, 0.25) is 0 Å². The number of rotatable bonds is 2. The Morgan fingerprint density at radius 3 is 2.60 bits per heavy atom. The van der Waals surface area contributed by atoms with Crippen LogP contribution in [0.5, 0.6) is 0 Å². The maximum atomic E-state index is 9.11. The second-order valence-corrected chi connectivity index (χ2v) is 1.17. The minimum absolute atomic E-state index is 0.312. The smallest absolute Gasteiger partial charge is 0.297 e. The van der Waals surface area contributed by atoms with Crippen LogP contribution in [0.4, 0.5) is 0 Å². The van der Waals surface area contributed by atoms with Gasteiger partial charge in [-0.05, 0) is 6.07 Å². The van der Waals surface area contributed by atoms with E-state index in [0.29, 0.717) is 6.47 Å². The summed E-state index contributed by atoms with van der Waals surface area (Å²) in [6.07, 6.45) is 4.52. The Balaban J connectivity index is 0.000000162. The molecule has 0 aliphatic rings. The molecule has 0 bridgehead atoms. The molecule has 0 amide bonds. The number of aromatic nitrogens is 2. The van der Waals surface area contributed by atoms with Crippen molar-refractivity contribution in [1.29, 1.82) is 0 Å². The summed E-state index contributed by atoms with van der Waals surface area (Å²) < 4.78 is 3.92. The summed E-state index contributed by atoms with van der Waals surface area (Å²) in [6.45, 7) is 3.41. The van der Waals surface area contributed by atoms with Crippen molar-refractivity contribution < 1.29 is 9.53 Å². The first-order valence-electron chi connectivity index (χ1n) is 2.55. The van der Waals surface area contributed by atoms with Gasteiger partial charge >= 0.3 is 0 Å². The zero-order valence-corrected chi connectivity index (χ0v) is 5.36. The van der Waals surface area contributed by atoms with Gasteiger partial charge in [0, 0.05) is 12.4 Å². The molecule has 0 aromatic carbocycles. The number of aromatic amines is 1. The maximum Gasteiger partial charge on any atom is 0.297 e. The lowest BCUT2D eigenvalue weighted by Gasteiger charge is -1.71. The second-order valence-electron chi connectivity index (χ2n) is 1.17. The van der Waals surface area contributed by atoms with Gasteiger partial charge in [0.15, 0.2) is 0 Å². The number of nitrogens with zero attached hydrogens (tertiary/aromatic N) is 1. The first kappa shape index (κ1) is 8.42. The maximum absolute atomic E-state index is 9.11. The van der Waals surface area contributed by atoms with Gasteiger partial charge in [0.2, 0.25) is 0 Å². The molecule has 1 aromatic heterocycles. The molecule has 0 spiro atoms. The highest BCUT2D eigenvalue weighted by Gasteiger charge is 1.56. The van der Waals surface area contributed by atoms with Gasteiger partial charge in [0.1, 0.15) is 0 Å². The minimum atomic E-state index is 0.312. The van der Waals surface area contributed by atoms with Crippen LogP contribution in [0, 0.1) is 0 Å². The van der Waals surface area contributed by atoms with E-state index >= 15 is 0 Å². The van der Waals surface area contributed by atoms with E-state index in [9.17, 15) is 0 Å². The highest BCUT2D eigenvalue weighted by molar-refractivity contribution is 5.37. The fraction of sp³-hybridized carbons (Fsp3) is 0. The first-order chi connectivity index (χ1) is 4.91. The van der Waals surface area contributed by atoms with Crippen molar-refractivity contribution in [3.63, 3.8) is 0 Å². The van der Waals surface area contributed by atoms with Crippen LogP contribution in [0.3, 0.4) is 0 Å². The van der Waals surface area contributed by atoms with E-state index in [1.807, 2.05) is 6.07 Å². The zero-order valence-electron chi connectivity index (χ0n) is 5.36. The lowest BCUT2D eigenvalue weighted by molar-refractivity contribution is -0.123. The summed E-state index contributed by atoms with van der Waals surface area (Å²) in [4.78, 5) is 9.11. The van der Waals surface area contributed by atoms with Gasteiger partial charge in [-0.2, -0.15) is 5.10 Å². The molecule has 1 heterocycles. The minimum Gasteiger partial charge on any atom is -0.437 e. The van der Waals surface area contributed by atoms with Crippen molar-refractivity contribution in [2.45, 2.75) is 0 Å². The molecule has 1 N–H and O–H groups in total. The molecular weight excluding hydrogens is 132 g/mol. The molecular formula is C6H8N2O2. The van der Waals surface area contributed by atoms with E-state index in [1.54, 1.807) is 12.4 Å². The van der Waals surface area contributed by atoms with E-state index in [4.69, 9.17) is 4.79 Å². The predicted molar refractivity (Wildman–Crippen MR) is 35.9 cm³/mol. The van der Waals surface area contributed by atoms with E-state index in [0.717, 1.165) is 6.26 Å². The fourth-order valence-corrected chi connectivity index (χ4v) is 0.254. The molecule has 0 saturated heterocycles. The summed E-state index contributed by atoms with van der Waals surface area (Å²) >= 11 is 0. The Morgan fingerprint density at radius 1 is 1.70 bits per heavy atom. The predicted octanol–water partition coefficient (Wildman–Crippen LogP) is 0.713. The van der Waals surface area contributed by atoms with Crippen LogP contribution in [0.15, 0.2) is 31.3 Å². The monoisotopic (exact) mass is 140 g/mol. The Kier molecular flexibility index (Phi) is 6.25. The highest BCUT2D eigenvalue weighted by Crippen LogP contribution is 1.64. The zero-order chi connectivity index (χ0) is 7.66. The Hall–Kier alpha value is -1.58. The van der Waals surface area contributed by atoms with Crippen LogP contribution >= 0.6 is 0 Å². The quantitative estimate of drug-likeness (QED) is 0.486. The lowest BCUT2D eigenvalue weighted by atomic mass is 10.8. The van der Waals surface area contributed by atoms with Crippen LogP contribution < -0.4 is 0 Å². The highest BCUT2D eigenvalue weighted by atomic mass is 16.5. The summed E-state index contributed by atoms with van der Waals surface area (Å²) in [7, 11) is 0. The fourth-order valence-electron chi connectivity index (χ4n) is 0.254. The summed E-state index contributed by atoms with van der Waals surface area (Å²) in [5.41, 5.74) is 0.